The molecule has 0 aliphatic rings. The molecule has 0 unspecified atom stereocenters. The first kappa shape index (κ1) is 23.1. The number of carbonyl (C=O) groups is 1. The first-order valence-corrected chi connectivity index (χ1v) is 11.4. The molecule has 8 heteroatoms. The number of anilines is 1. The van der Waals surface area contributed by atoms with Gasteiger partial charge in [-0.3, -0.25) is 9.52 Å². The van der Waals surface area contributed by atoms with Crippen LogP contribution in [0.25, 0.3) is 0 Å². The molecule has 0 aliphatic heterocycles. The molecule has 0 saturated carbocycles. The van der Waals surface area contributed by atoms with Crippen molar-refractivity contribution >= 4 is 21.6 Å². The highest BCUT2D eigenvalue weighted by molar-refractivity contribution is 7.92. The zero-order valence-corrected chi connectivity index (χ0v) is 19.2. The van der Waals surface area contributed by atoms with Crippen LogP contribution >= 0.6 is 0 Å². The minimum absolute atomic E-state index is 0.118. The molecular weight excluding hydrogens is 428 g/mol. The molecule has 1 amide bonds. The monoisotopic (exact) mass is 454 g/mol. The maximum absolute atomic E-state index is 13.1. The van der Waals surface area contributed by atoms with Crippen LogP contribution in [0.2, 0.25) is 0 Å². The van der Waals surface area contributed by atoms with Crippen LogP contribution in [0.15, 0.2) is 71.6 Å². The third-order valence-electron chi connectivity index (χ3n) is 5.00. The Balaban J connectivity index is 1.85. The Kier molecular flexibility index (Phi) is 7.05. The van der Waals surface area contributed by atoms with E-state index >= 15 is 0 Å². The summed E-state index contributed by atoms with van der Waals surface area (Å²) in [7, 11) is -0.742. The highest BCUT2D eigenvalue weighted by Gasteiger charge is 2.21. The summed E-state index contributed by atoms with van der Waals surface area (Å²) in [6.45, 7) is 3.69. The average molecular weight is 455 g/mol. The maximum atomic E-state index is 13.1. The molecular formula is C24H26N2O5S. The molecule has 0 fully saturated rings. The number of rotatable bonds is 8. The molecule has 0 saturated heterocycles. The van der Waals surface area contributed by atoms with Crippen LogP contribution in [0, 0.1) is 6.92 Å². The predicted molar refractivity (Wildman–Crippen MR) is 124 cm³/mol. The van der Waals surface area contributed by atoms with Crippen molar-refractivity contribution in [1.29, 1.82) is 0 Å². The van der Waals surface area contributed by atoms with Crippen molar-refractivity contribution in [3.8, 4) is 11.5 Å². The molecule has 3 aromatic rings. The molecule has 0 heterocycles. The number of benzene rings is 3. The van der Waals surface area contributed by atoms with E-state index in [0.29, 0.717) is 11.5 Å². The fourth-order valence-electron chi connectivity index (χ4n) is 3.22. The van der Waals surface area contributed by atoms with Crippen LogP contribution in [0.5, 0.6) is 11.5 Å². The van der Waals surface area contributed by atoms with Crippen LogP contribution < -0.4 is 19.5 Å². The van der Waals surface area contributed by atoms with Gasteiger partial charge in [-0.2, -0.15) is 0 Å². The molecule has 0 aliphatic carbocycles. The average Bonchev–Trinajstić information content (AvgIpc) is 2.78. The fourth-order valence-corrected chi connectivity index (χ4v) is 4.30. The van der Waals surface area contributed by atoms with Crippen molar-refractivity contribution in [1.82, 2.24) is 5.32 Å². The first-order chi connectivity index (χ1) is 15.2. The zero-order chi connectivity index (χ0) is 23.3. The topological polar surface area (TPSA) is 93.7 Å². The first-order valence-electron chi connectivity index (χ1n) is 9.96. The minimum atomic E-state index is -3.85. The van der Waals surface area contributed by atoms with E-state index in [1.165, 1.54) is 12.1 Å². The Morgan fingerprint density at radius 2 is 1.62 bits per heavy atom. The second-order valence-corrected chi connectivity index (χ2v) is 8.95. The van der Waals surface area contributed by atoms with E-state index in [1.54, 1.807) is 68.8 Å². The number of aryl methyl sites for hydroxylation is 1. The van der Waals surface area contributed by atoms with E-state index in [9.17, 15) is 13.2 Å². The van der Waals surface area contributed by atoms with Crippen LogP contribution in [-0.2, 0) is 10.0 Å². The van der Waals surface area contributed by atoms with E-state index < -0.39 is 22.0 Å². The third-order valence-corrected chi connectivity index (χ3v) is 6.38. The summed E-state index contributed by atoms with van der Waals surface area (Å²) in [6.07, 6.45) is 0. The van der Waals surface area contributed by atoms with Crippen LogP contribution in [-0.4, -0.2) is 28.5 Å². The SMILES string of the molecule is COc1ccc(OC)c([C@H](C)NC(=O)c2ccccc2NS(=O)(=O)c2ccc(C)cc2)c1. The van der Waals surface area contributed by atoms with Gasteiger partial charge >= 0.3 is 0 Å². The van der Waals surface area contributed by atoms with Gasteiger partial charge in [-0.25, -0.2) is 8.42 Å². The van der Waals surface area contributed by atoms with Crippen LogP contribution in [0.4, 0.5) is 5.69 Å². The summed E-state index contributed by atoms with van der Waals surface area (Å²) in [5.74, 6) is 0.810. The lowest BCUT2D eigenvalue weighted by atomic mass is 10.1. The Bertz CT molecular complexity index is 1210. The van der Waals surface area contributed by atoms with Crippen molar-refractivity contribution < 1.29 is 22.7 Å². The normalized spacial score (nSPS) is 12.0. The van der Waals surface area contributed by atoms with Gasteiger partial charge in [0, 0.05) is 5.56 Å². The molecule has 0 radical (unpaired) electrons. The summed E-state index contributed by atoms with van der Waals surface area (Å²) < 4.78 is 38.8. The Labute approximate surface area is 188 Å². The highest BCUT2D eigenvalue weighted by Crippen LogP contribution is 2.30. The number of sulfonamides is 1. The van der Waals surface area contributed by atoms with Gasteiger partial charge in [-0.05, 0) is 56.3 Å². The lowest BCUT2D eigenvalue weighted by Crippen LogP contribution is -2.28. The van der Waals surface area contributed by atoms with Crippen molar-refractivity contribution in [2.45, 2.75) is 24.8 Å². The molecule has 3 rings (SSSR count). The van der Waals surface area contributed by atoms with Gasteiger partial charge in [0.15, 0.2) is 0 Å². The molecule has 32 heavy (non-hydrogen) atoms. The van der Waals surface area contributed by atoms with Gasteiger partial charge in [-0.1, -0.05) is 29.8 Å². The van der Waals surface area contributed by atoms with E-state index in [4.69, 9.17) is 9.47 Å². The highest BCUT2D eigenvalue weighted by atomic mass is 32.2. The molecule has 168 valence electrons. The standard InChI is InChI=1S/C24H26N2O5S/c1-16-9-12-19(13-10-16)32(28,29)26-22-8-6-5-7-20(22)24(27)25-17(2)21-15-18(30-3)11-14-23(21)31-4/h5-15,17,26H,1-4H3,(H,25,27)/t17-/m0/s1. The van der Waals surface area contributed by atoms with Gasteiger partial charge in [0.1, 0.15) is 11.5 Å². The predicted octanol–water partition coefficient (Wildman–Crippen LogP) is 4.30. The van der Waals surface area contributed by atoms with Gasteiger partial charge in [0.2, 0.25) is 0 Å². The summed E-state index contributed by atoms with van der Waals surface area (Å²) in [4.78, 5) is 13.2. The molecule has 0 spiro atoms. The van der Waals surface area contributed by atoms with Crippen molar-refractivity contribution in [2.24, 2.45) is 0 Å². The summed E-state index contributed by atoms with van der Waals surface area (Å²) >= 11 is 0. The number of hydrogen-bond acceptors (Lipinski definition) is 5. The number of nitrogens with one attached hydrogen (secondary N) is 2. The second kappa shape index (κ2) is 9.74. The van der Waals surface area contributed by atoms with Gasteiger partial charge in [0.05, 0.1) is 36.4 Å². The lowest BCUT2D eigenvalue weighted by Gasteiger charge is -2.19. The minimum Gasteiger partial charge on any atom is -0.497 e. The number of amides is 1. The number of ether oxygens (including phenoxy) is 2. The van der Waals surface area contributed by atoms with Crippen molar-refractivity contribution in [3.63, 3.8) is 0 Å². The van der Waals surface area contributed by atoms with E-state index in [2.05, 4.69) is 10.0 Å². The second-order valence-electron chi connectivity index (χ2n) is 7.27. The van der Waals surface area contributed by atoms with Crippen molar-refractivity contribution in [3.05, 3.63) is 83.4 Å². The Morgan fingerprint density at radius 3 is 2.28 bits per heavy atom. The largest absolute Gasteiger partial charge is 0.497 e. The maximum Gasteiger partial charge on any atom is 0.261 e. The summed E-state index contributed by atoms with van der Waals surface area (Å²) in [5, 5.41) is 2.90. The van der Waals surface area contributed by atoms with E-state index in [-0.39, 0.29) is 16.1 Å². The summed E-state index contributed by atoms with van der Waals surface area (Å²) in [5.41, 5.74) is 2.08. The third kappa shape index (κ3) is 5.20. The molecule has 3 aromatic carbocycles. The van der Waals surface area contributed by atoms with Crippen molar-refractivity contribution in [2.75, 3.05) is 18.9 Å². The number of carbonyl (C=O) groups excluding carboxylic acids is 1. The van der Waals surface area contributed by atoms with E-state index in [0.717, 1.165) is 11.1 Å². The summed E-state index contributed by atoms with van der Waals surface area (Å²) in [6, 6.07) is 17.8. The molecule has 0 bridgehead atoms. The Morgan fingerprint density at radius 1 is 0.938 bits per heavy atom. The number of methoxy groups -OCH3 is 2. The van der Waals surface area contributed by atoms with Crippen LogP contribution in [0.1, 0.15) is 34.5 Å². The van der Waals surface area contributed by atoms with Crippen LogP contribution in [0.3, 0.4) is 0 Å². The van der Waals surface area contributed by atoms with E-state index in [1.807, 2.05) is 13.8 Å². The quantitative estimate of drug-likeness (QED) is 0.529. The van der Waals surface area contributed by atoms with Gasteiger partial charge in [-0.15, -0.1) is 0 Å². The number of hydrogen-bond donors (Lipinski definition) is 2. The number of para-hydroxylation sites is 1. The molecule has 7 nitrogen and oxygen atoms in total. The Hall–Kier alpha value is -3.52. The molecule has 2 N–H and O–H groups in total. The zero-order valence-electron chi connectivity index (χ0n) is 18.4. The molecule has 1 atom stereocenters. The lowest BCUT2D eigenvalue weighted by molar-refractivity contribution is 0.0940. The van der Waals surface area contributed by atoms with Gasteiger partial charge < -0.3 is 14.8 Å². The molecule has 0 aromatic heterocycles. The van der Waals surface area contributed by atoms with Gasteiger partial charge in [0.25, 0.3) is 15.9 Å². The fraction of sp³-hybridized carbons (Fsp3) is 0.208. The smallest absolute Gasteiger partial charge is 0.261 e.